The van der Waals surface area contributed by atoms with Crippen LogP contribution >= 0.6 is 0 Å². The van der Waals surface area contributed by atoms with E-state index >= 15 is 0 Å². The summed E-state index contributed by atoms with van der Waals surface area (Å²) < 4.78 is 0. The van der Waals surface area contributed by atoms with Gasteiger partial charge in [-0.3, -0.25) is 9.78 Å². The first-order valence-electron chi connectivity index (χ1n) is 6.64. The highest BCUT2D eigenvalue weighted by Crippen LogP contribution is 2.07. The highest BCUT2D eigenvalue weighted by molar-refractivity contribution is 5.76. The molecule has 0 spiro atoms. The van der Waals surface area contributed by atoms with Crippen molar-refractivity contribution in [1.82, 2.24) is 9.88 Å². The molecule has 1 heterocycles. The van der Waals surface area contributed by atoms with E-state index < -0.39 is 0 Å². The molecule has 0 bridgehead atoms. The molecule has 0 aromatic carbocycles. The second-order valence-corrected chi connectivity index (χ2v) is 4.36. The molecular formula is C14H23N3O. The van der Waals surface area contributed by atoms with E-state index in [1.807, 2.05) is 24.0 Å². The average Bonchev–Trinajstić information content (AvgIpc) is 2.42. The van der Waals surface area contributed by atoms with E-state index in [2.05, 4.69) is 4.98 Å². The van der Waals surface area contributed by atoms with Gasteiger partial charge in [0.1, 0.15) is 0 Å². The predicted octanol–water partition coefficient (Wildman–Crippen LogP) is 1.95. The normalized spacial score (nSPS) is 10.3. The maximum atomic E-state index is 12.0. The van der Waals surface area contributed by atoms with Gasteiger partial charge in [-0.2, -0.15) is 0 Å². The molecule has 1 rings (SSSR count). The number of unbranched alkanes of at least 4 members (excludes halogenated alkanes) is 2. The standard InChI is InChI=1S/C14H23N3O/c1-2-17(12-13-7-10-16-11-8-13)14(18)6-4-3-5-9-15/h7-8,10-11H,2-6,9,12,15H2,1H3. The fourth-order valence-corrected chi connectivity index (χ4v) is 1.84. The zero-order chi connectivity index (χ0) is 13.2. The Hall–Kier alpha value is -1.42. The zero-order valence-corrected chi connectivity index (χ0v) is 11.1. The van der Waals surface area contributed by atoms with E-state index in [-0.39, 0.29) is 5.91 Å². The van der Waals surface area contributed by atoms with Gasteiger partial charge in [-0.25, -0.2) is 0 Å². The lowest BCUT2D eigenvalue weighted by Gasteiger charge is -2.21. The minimum atomic E-state index is 0.228. The van der Waals surface area contributed by atoms with Crippen LogP contribution in [-0.2, 0) is 11.3 Å². The summed E-state index contributed by atoms with van der Waals surface area (Å²) in [6.45, 7) is 4.15. The third-order valence-electron chi connectivity index (χ3n) is 2.95. The number of carbonyl (C=O) groups excluding carboxylic acids is 1. The second-order valence-electron chi connectivity index (χ2n) is 4.36. The van der Waals surface area contributed by atoms with Gasteiger partial charge in [0.25, 0.3) is 0 Å². The summed E-state index contributed by atoms with van der Waals surface area (Å²) in [6, 6.07) is 3.90. The molecule has 0 aliphatic heterocycles. The van der Waals surface area contributed by atoms with Gasteiger partial charge in [-0.05, 0) is 44.0 Å². The molecule has 0 saturated heterocycles. The molecule has 0 aliphatic carbocycles. The summed E-state index contributed by atoms with van der Waals surface area (Å²) in [5, 5.41) is 0. The summed E-state index contributed by atoms with van der Waals surface area (Å²) in [4.78, 5) is 17.9. The van der Waals surface area contributed by atoms with Crippen LogP contribution in [0.25, 0.3) is 0 Å². The van der Waals surface area contributed by atoms with Crippen LogP contribution in [0.2, 0.25) is 0 Å². The Morgan fingerprint density at radius 1 is 1.28 bits per heavy atom. The van der Waals surface area contributed by atoms with Crippen LogP contribution in [0.1, 0.15) is 38.2 Å². The molecule has 0 saturated carbocycles. The molecule has 1 amide bonds. The fourth-order valence-electron chi connectivity index (χ4n) is 1.84. The molecule has 2 N–H and O–H groups in total. The third-order valence-corrected chi connectivity index (χ3v) is 2.95. The van der Waals surface area contributed by atoms with Crippen molar-refractivity contribution in [2.24, 2.45) is 5.73 Å². The summed E-state index contributed by atoms with van der Waals surface area (Å²) in [5.74, 6) is 0.228. The number of hydrogen-bond donors (Lipinski definition) is 1. The highest BCUT2D eigenvalue weighted by atomic mass is 16.2. The summed E-state index contributed by atoms with van der Waals surface area (Å²) >= 11 is 0. The molecular weight excluding hydrogens is 226 g/mol. The van der Waals surface area contributed by atoms with Crippen molar-refractivity contribution in [3.8, 4) is 0 Å². The van der Waals surface area contributed by atoms with E-state index in [0.717, 1.165) is 31.4 Å². The number of hydrogen-bond acceptors (Lipinski definition) is 3. The molecule has 4 heteroatoms. The number of aromatic nitrogens is 1. The van der Waals surface area contributed by atoms with Gasteiger partial charge in [0.15, 0.2) is 0 Å². The zero-order valence-electron chi connectivity index (χ0n) is 11.1. The van der Waals surface area contributed by atoms with Gasteiger partial charge in [0.05, 0.1) is 0 Å². The van der Waals surface area contributed by atoms with Crippen LogP contribution in [0.3, 0.4) is 0 Å². The summed E-state index contributed by atoms with van der Waals surface area (Å²) in [5.41, 5.74) is 6.56. The van der Waals surface area contributed by atoms with Gasteiger partial charge < -0.3 is 10.6 Å². The van der Waals surface area contributed by atoms with Crippen molar-refractivity contribution in [1.29, 1.82) is 0 Å². The summed E-state index contributed by atoms with van der Waals surface area (Å²) in [6.07, 6.45) is 7.12. The quantitative estimate of drug-likeness (QED) is 0.716. The van der Waals surface area contributed by atoms with Crippen molar-refractivity contribution in [3.05, 3.63) is 30.1 Å². The monoisotopic (exact) mass is 249 g/mol. The Kier molecular flexibility index (Phi) is 7.03. The number of pyridine rings is 1. The lowest BCUT2D eigenvalue weighted by Crippen LogP contribution is -2.30. The van der Waals surface area contributed by atoms with Crippen LogP contribution < -0.4 is 5.73 Å². The Morgan fingerprint density at radius 2 is 2.00 bits per heavy atom. The minimum Gasteiger partial charge on any atom is -0.339 e. The topological polar surface area (TPSA) is 59.2 Å². The molecule has 0 radical (unpaired) electrons. The van der Waals surface area contributed by atoms with Crippen molar-refractivity contribution in [2.75, 3.05) is 13.1 Å². The minimum absolute atomic E-state index is 0.228. The van der Waals surface area contributed by atoms with E-state index in [4.69, 9.17) is 5.73 Å². The number of rotatable bonds is 8. The largest absolute Gasteiger partial charge is 0.339 e. The van der Waals surface area contributed by atoms with E-state index in [1.165, 1.54) is 0 Å². The Labute approximate surface area is 109 Å². The van der Waals surface area contributed by atoms with E-state index in [9.17, 15) is 4.79 Å². The first kappa shape index (κ1) is 14.6. The molecule has 0 unspecified atom stereocenters. The summed E-state index contributed by atoms with van der Waals surface area (Å²) in [7, 11) is 0. The molecule has 0 fully saturated rings. The van der Waals surface area contributed by atoms with Gasteiger partial charge >= 0.3 is 0 Å². The number of nitrogens with two attached hydrogens (primary N) is 1. The molecule has 0 aliphatic rings. The van der Waals surface area contributed by atoms with Gasteiger partial charge in [0.2, 0.25) is 5.91 Å². The SMILES string of the molecule is CCN(Cc1ccncc1)C(=O)CCCCCN. The average molecular weight is 249 g/mol. The molecule has 4 nitrogen and oxygen atoms in total. The lowest BCUT2D eigenvalue weighted by molar-refractivity contribution is -0.131. The molecule has 18 heavy (non-hydrogen) atoms. The molecule has 0 atom stereocenters. The first-order chi connectivity index (χ1) is 8.77. The van der Waals surface area contributed by atoms with Crippen LogP contribution in [0.4, 0.5) is 0 Å². The van der Waals surface area contributed by atoms with Gasteiger partial charge in [-0.15, -0.1) is 0 Å². The molecule has 1 aromatic rings. The Balaban J connectivity index is 2.38. The lowest BCUT2D eigenvalue weighted by atomic mass is 10.1. The fraction of sp³-hybridized carbons (Fsp3) is 0.571. The van der Waals surface area contributed by atoms with E-state index in [1.54, 1.807) is 12.4 Å². The van der Waals surface area contributed by atoms with Crippen molar-refractivity contribution in [3.63, 3.8) is 0 Å². The molecule has 100 valence electrons. The smallest absolute Gasteiger partial charge is 0.222 e. The van der Waals surface area contributed by atoms with E-state index in [0.29, 0.717) is 19.5 Å². The maximum absolute atomic E-state index is 12.0. The first-order valence-corrected chi connectivity index (χ1v) is 6.64. The van der Waals surface area contributed by atoms with Crippen LogP contribution in [-0.4, -0.2) is 28.9 Å². The highest BCUT2D eigenvalue weighted by Gasteiger charge is 2.11. The maximum Gasteiger partial charge on any atom is 0.222 e. The Morgan fingerprint density at radius 3 is 2.61 bits per heavy atom. The predicted molar refractivity (Wildman–Crippen MR) is 72.9 cm³/mol. The van der Waals surface area contributed by atoms with Crippen molar-refractivity contribution in [2.45, 2.75) is 39.2 Å². The van der Waals surface area contributed by atoms with Crippen LogP contribution in [0.5, 0.6) is 0 Å². The number of nitrogens with zero attached hydrogens (tertiary/aromatic N) is 2. The third kappa shape index (κ3) is 5.27. The number of carbonyl (C=O) groups is 1. The van der Waals surface area contributed by atoms with Crippen molar-refractivity contribution >= 4 is 5.91 Å². The van der Waals surface area contributed by atoms with Gasteiger partial charge in [0, 0.05) is 31.9 Å². The Bertz CT molecular complexity index is 340. The van der Waals surface area contributed by atoms with Gasteiger partial charge in [-0.1, -0.05) is 6.42 Å². The van der Waals surface area contributed by atoms with Crippen LogP contribution in [0, 0.1) is 0 Å². The number of amides is 1. The van der Waals surface area contributed by atoms with Crippen molar-refractivity contribution < 1.29 is 4.79 Å². The molecule has 1 aromatic heterocycles. The van der Waals surface area contributed by atoms with Crippen LogP contribution in [0.15, 0.2) is 24.5 Å². The second kappa shape index (κ2) is 8.64.